The van der Waals surface area contributed by atoms with Gasteiger partial charge in [0.05, 0.1) is 10.6 Å². The van der Waals surface area contributed by atoms with Gasteiger partial charge in [-0.05, 0) is 24.6 Å². The topological polar surface area (TPSA) is 54.4 Å². The van der Waals surface area contributed by atoms with E-state index in [0.717, 1.165) is 0 Å². The van der Waals surface area contributed by atoms with Crippen LogP contribution in [0.2, 0.25) is 0 Å². The fourth-order valence-electron chi connectivity index (χ4n) is 1.06. The highest BCUT2D eigenvalue weighted by Gasteiger charge is 2.12. The molecule has 0 fully saturated rings. The van der Waals surface area contributed by atoms with Crippen LogP contribution in [0.15, 0.2) is 29.2 Å². The fraction of sp³-hybridized carbons (Fsp3) is 0.333. The third-order valence-electron chi connectivity index (χ3n) is 1.65. The summed E-state index contributed by atoms with van der Waals surface area (Å²) in [6, 6.07) is 5.73. The summed E-state index contributed by atoms with van der Waals surface area (Å²) in [5, 5.41) is 9.08. The Labute approximate surface area is 77.9 Å². The lowest BCUT2D eigenvalue weighted by Gasteiger charge is -2.02. The molecule has 0 unspecified atom stereocenters. The largest absolute Gasteiger partial charge is 0.508 e. The van der Waals surface area contributed by atoms with E-state index >= 15 is 0 Å². The van der Waals surface area contributed by atoms with E-state index in [0.29, 0.717) is 6.42 Å². The van der Waals surface area contributed by atoms with Gasteiger partial charge in [0.25, 0.3) is 0 Å². The molecule has 0 radical (unpaired) electrons. The molecule has 0 saturated heterocycles. The van der Waals surface area contributed by atoms with Crippen molar-refractivity contribution in [3.8, 4) is 5.75 Å². The van der Waals surface area contributed by atoms with Gasteiger partial charge in [-0.15, -0.1) is 0 Å². The van der Waals surface area contributed by atoms with Crippen LogP contribution in [0.25, 0.3) is 0 Å². The van der Waals surface area contributed by atoms with Gasteiger partial charge in [0, 0.05) is 0 Å². The monoisotopic (exact) mass is 200 g/mol. The minimum absolute atomic E-state index is 0.0165. The lowest BCUT2D eigenvalue weighted by atomic mass is 10.3. The third kappa shape index (κ3) is 2.45. The molecule has 1 aromatic rings. The van der Waals surface area contributed by atoms with E-state index in [9.17, 15) is 8.42 Å². The summed E-state index contributed by atoms with van der Waals surface area (Å²) in [4.78, 5) is 0.189. The summed E-state index contributed by atoms with van der Waals surface area (Å²) in [6.07, 6.45) is 0.581. The molecule has 4 heteroatoms. The first kappa shape index (κ1) is 10.1. The second kappa shape index (κ2) is 3.79. The van der Waals surface area contributed by atoms with Gasteiger partial charge in [-0.25, -0.2) is 8.42 Å². The van der Waals surface area contributed by atoms with Crippen molar-refractivity contribution in [3.05, 3.63) is 24.3 Å². The van der Waals surface area contributed by atoms with Crippen LogP contribution in [-0.4, -0.2) is 19.3 Å². The number of phenols is 1. The van der Waals surface area contributed by atoms with E-state index in [1.54, 1.807) is 6.92 Å². The van der Waals surface area contributed by atoms with Gasteiger partial charge in [-0.1, -0.05) is 13.0 Å². The van der Waals surface area contributed by atoms with Gasteiger partial charge >= 0.3 is 0 Å². The molecule has 0 amide bonds. The summed E-state index contributed by atoms with van der Waals surface area (Å²) in [6.45, 7) is 1.81. The maximum absolute atomic E-state index is 11.5. The molecule has 0 aliphatic rings. The number of sulfone groups is 1. The molecule has 0 heterocycles. The molecule has 0 aliphatic heterocycles. The van der Waals surface area contributed by atoms with Crippen molar-refractivity contribution in [3.63, 3.8) is 0 Å². The lowest BCUT2D eigenvalue weighted by molar-refractivity contribution is 0.473. The molecule has 1 aromatic carbocycles. The van der Waals surface area contributed by atoms with Crippen LogP contribution in [0, 0.1) is 0 Å². The van der Waals surface area contributed by atoms with Gasteiger partial charge in [0.1, 0.15) is 5.75 Å². The molecule has 0 atom stereocenters. The maximum Gasteiger partial charge on any atom is 0.178 e. The molecule has 1 N–H and O–H groups in total. The minimum Gasteiger partial charge on any atom is -0.508 e. The van der Waals surface area contributed by atoms with Crippen LogP contribution in [0.5, 0.6) is 5.75 Å². The smallest absolute Gasteiger partial charge is 0.178 e. The number of aromatic hydroxyl groups is 1. The molecule has 3 nitrogen and oxygen atoms in total. The Morgan fingerprint density at radius 1 is 1.38 bits per heavy atom. The van der Waals surface area contributed by atoms with Crippen molar-refractivity contribution in [1.29, 1.82) is 0 Å². The van der Waals surface area contributed by atoms with Crippen LogP contribution >= 0.6 is 0 Å². The molecule has 0 aliphatic carbocycles. The van der Waals surface area contributed by atoms with E-state index < -0.39 is 9.84 Å². The number of phenolic OH excluding ortho intramolecular Hbond substituents is 1. The van der Waals surface area contributed by atoms with Crippen LogP contribution in [-0.2, 0) is 9.84 Å². The van der Waals surface area contributed by atoms with E-state index in [4.69, 9.17) is 5.11 Å². The first-order valence-electron chi connectivity index (χ1n) is 4.08. The summed E-state index contributed by atoms with van der Waals surface area (Å²) in [7, 11) is -3.19. The van der Waals surface area contributed by atoms with Gasteiger partial charge in [0.15, 0.2) is 9.84 Å². The Hall–Kier alpha value is -1.03. The standard InChI is InChI=1S/C9H12O3S/c1-2-6-13(11,12)9-5-3-4-8(10)7-9/h3-5,7,10H,2,6H2,1H3. The number of hydrogen-bond donors (Lipinski definition) is 1. The highest BCUT2D eigenvalue weighted by molar-refractivity contribution is 7.91. The van der Waals surface area contributed by atoms with Crippen LogP contribution in [0.3, 0.4) is 0 Å². The highest BCUT2D eigenvalue weighted by Crippen LogP contribution is 2.17. The molecule has 0 aromatic heterocycles. The zero-order valence-corrected chi connectivity index (χ0v) is 8.21. The SMILES string of the molecule is CCCS(=O)(=O)c1cccc(O)c1. The van der Waals surface area contributed by atoms with Gasteiger partial charge in [-0.3, -0.25) is 0 Å². The van der Waals surface area contributed by atoms with Crippen LogP contribution in [0.1, 0.15) is 13.3 Å². The highest BCUT2D eigenvalue weighted by atomic mass is 32.2. The fourth-order valence-corrected chi connectivity index (χ4v) is 2.42. The molecule has 0 saturated carbocycles. The molecule has 72 valence electrons. The van der Waals surface area contributed by atoms with Crippen molar-refractivity contribution in [2.24, 2.45) is 0 Å². The summed E-state index contributed by atoms with van der Waals surface area (Å²) < 4.78 is 22.9. The van der Waals surface area contributed by atoms with Gasteiger partial charge < -0.3 is 5.11 Å². The first-order chi connectivity index (χ1) is 6.06. The minimum atomic E-state index is -3.19. The Bertz CT molecular complexity index is 382. The van der Waals surface area contributed by atoms with Crippen molar-refractivity contribution >= 4 is 9.84 Å². The Morgan fingerprint density at radius 2 is 2.08 bits per heavy atom. The third-order valence-corrected chi connectivity index (χ3v) is 3.57. The quantitative estimate of drug-likeness (QED) is 0.805. The van der Waals surface area contributed by atoms with Crippen LogP contribution < -0.4 is 0 Å². The maximum atomic E-state index is 11.5. The normalized spacial score (nSPS) is 11.5. The zero-order chi connectivity index (χ0) is 9.90. The second-order valence-electron chi connectivity index (χ2n) is 2.82. The predicted octanol–water partition coefficient (Wildman–Crippen LogP) is 1.58. The van der Waals surface area contributed by atoms with Gasteiger partial charge in [-0.2, -0.15) is 0 Å². The van der Waals surface area contributed by atoms with E-state index in [2.05, 4.69) is 0 Å². The van der Waals surface area contributed by atoms with E-state index in [-0.39, 0.29) is 16.4 Å². The number of hydrogen-bond acceptors (Lipinski definition) is 3. The average Bonchev–Trinajstić information content (AvgIpc) is 2.04. The van der Waals surface area contributed by atoms with Gasteiger partial charge in [0.2, 0.25) is 0 Å². The summed E-state index contributed by atoms with van der Waals surface area (Å²) in [5.74, 6) is 0.105. The Kier molecular flexibility index (Phi) is 2.93. The Morgan fingerprint density at radius 3 is 2.62 bits per heavy atom. The predicted molar refractivity (Wildman–Crippen MR) is 50.5 cm³/mol. The van der Waals surface area contributed by atoms with E-state index in [1.807, 2.05) is 0 Å². The number of benzene rings is 1. The molecular weight excluding hydrogens is 188 g/mol. The summed E-state index contributed by atoms with van der Waals surface area (Å²) in [5.41, 5.74) is 0. The molecule has 1 rings (SSSR count). The molecular formula is C9H12O3S. The van der Waals surface area contributed by atoms with Crippen molar-refractivity contribution in [2.45, 2.75) is 18.2 Å². The van der Waals surface area contributed by atoms with Crippen molar-refractivity contribution in [1.82, 2.24) is 0 Å². The summed E-state index contributed by atoms with van der Waals surface area (Å²) >= 11 is 0. The zero-order valence-electron chi connectivity index (χ0n) is 7.40. The molecule has 13 heavy (non-hydrogen) atoms. The second-order valence-corrected chi connectivity index (χ2v) is 4.93. The number of rotatable bonds is 3. The first-order valence-corrected chi connectivity index (χ1v) is 5.73. The van der Waals surface area contributed by atoms with Crippen molar-refractivity contribution < 1.29 is 13.5 Å². The Balaban J connectivity index is 3.08. The molecule has 0 spiro atoms. The van der Waals surface area contributed by atoms with Crippen LogP contribution in [0.4, 0.5) is 0 Å². The average molecular weight is 200 g/mol. The lowest BCUT2D eigenvalue weighted by Crippen LogP contribution is -2.05. The van der Waals surface area contributed by atoms with Crippen molar-refractivity contribution in [2.75, 3.05) is 5.75 Å². The van der Waals surface area contributed by atoms with E-state index in [1.165, 1.54) is 24.3 Å². The molecule has 0 bridgehead atoms.